The standard InChI is InChI=1S/C18H22N2O5/c1-6-20(17(22)14-8-7-9-25-14)10-13(21)15-11(2)16(18(23)24-5)19(4)12(15)3/h7-9H,6,10H2,1-5H3. The number of hydrogen-bond acceptors (Lipinski definition) is 5. The molecule has 0 saturated carbocycles. The van der Waals surface area contributed by atoms with Gasteiger partial charge in [0, 0.05) is 24.8 Å². The second-order valence-corrected chi connectivity index (χ2v) is 5.70. The first-order valence-electron chi connectivity index (χ1n) is 7.93. The molecule has 0 aromatic carbocycles. The van der Waals surface area contributed by atoms with Crippen LogP contribution in [0.2, 0.25) is 0 Å². The van der Waals surface area contributed by atoms with Crippen LogP contribution in [0.5, 0.6) is 0 Å². The number of hydrogen-bond donors (Lipinski definition) is 0. The van der Waals surface area contributed by atoms with Crippen molar-refractivity contribution >= 4 is 17.7 Å². The second kappa shape index (κ2) is 7.38. The van der Waals surface area contributed by atoms with Gasteiger partial charge >= 0.3 is 5.97 Å². The molecule has 0 spiro atoms. The number of likely N-dealkylation sites (N-methyl/N-ethyl adjacent to an activating group) is 1. The van der Waals surface area contributed by atoms with Gasteiger partial charge < -0.3 is 18.6 Å². The average molecular weight is 346 g/mol. The topological polar surface area (TPSA) is 81.8 Å². The summed E-state index contributed by atoms with van der Waals surface area (Å²) in [5.74, 6) is -0.893. The molecular weight excluding hydrogens is 324 g/mol. The molecule has 0 atom stereocenters. The monoisotopic (exact) mass is 346 g/mol. The lowest BCUT2D eigenvalue weighted by Crippen LogP contribution is -2.35. The van der Waals surface area contributed by atoms with E-state index in [4.69, 9.17) is 9.15 Å². The normalized spacial score (nSPS) is 10.6. The summed E-state index contributed by atoms with van der Waals surface area (Å²) in [5.41, 5.74) is 1.99. The summed E-state index contributed by atoms with van der Waals surface area (Å²) in [5, 5.41) is 0. The number of furan rings is 1. The van der Waals surface area contributed by atoms with Crippen LogP contribution >= 0.6 is 0 Å². The van der Waals surface area contributed by atoms with Gasteiger partial charge in [-0.3, -0.25) is 9.59 Å². The first kappa shape index (κ1) is 18.5. The van der Waals surface area contributed by atoms with Crippen molar-refractivity contribution in [1.82, 2.24) is 9.47 Å². The fraction of sp³-hybridized carbons (Fsp3) is 0.389. The fourth-order valence-corrected chi connectivity index (χ4v) is 2.91. The van der Waals surface area contributed by atoms with Crippen molar-refractivity contribution < 1.29 is 23.5 Å². The van der Waals surface area contributed by atoms with Crippen molar-refractivity contribution in [3.05, 3.63) is 46.7 Å². The summed E-state index contributed by atoms with van der Waals surface area (Å²) < 4.78 is 11.5. The van der Waals surface area contributed by atoms with Crippen LogP contribution in [0.1, 0.15) is 49.6 Å². The largest absolute Gasteiger partial charge is 0.464 e. The van der Waals surface area contributed by atoms with E-state index in [9.17, 15) is 14.4 Å². The predicted molar refractivity (Wildman–Crippen MR) is 90.8 cm³/mol. The lowest BCUT2D eigenvalue weighted by Gasteiger charge is -2.19. The van der Waals surface area contributed by atoms with Crippen LogP contribution in [0.3, 0.4) is 0 Å². The van der Waals surface area contributed by atoms with E-state index in [0.717, 1.165) is 0 Å². The Labute approximate surface area is 146 Å². The summed E-state index contributed by atoms with van der Waals surface area (Å²) in [6.45, 7) is 5.52. The van der Waals surface area contributed by atoms with Crippen molar-refractivity contribution in [3.8, 4) is 0 Å². The SMILES string of the molecule is CCN(CC(=O)c1c(C)c(C(=O)OC)n(C)c1C)C(=O)c1ccco1. The Morgan fingerprint density at radius 1 is 1.28 bits per heavy atom. The quantitative estimate of drug-likeness (QED) is 0.592. The summed E-state index contributed by atoms with van der Waals surface area (Å²) >= 11 is 0. The van der Waals surface area contributed by atoms with Crippen LogP contribution in [0, 0.1) is 13.8 Å². The number of rotatable bonds is 6. The zero-order valence-corrected chi connectivity index (χ0v) is 15.1. The van der Waals surface area contributed by atoms with Gasteiger partial charge in [-0.15, -0.1) is 0 Å². The molecule has 134 valence electrons. The molecule has 0 unspecified atom stereocenters. The van der Waals surface area contributed by atoms with Gasteiger partial charge in [0.05, 0.1) is 19.9 Å². The molecule has 2 heterocycles. The fourth-order valence-electron chi connectivity index (χ4n) is 2.91. The molecule has 0 bridgehead atoms. The Morgan fingerprint density at radius 3 is 2.48 bits per heavy atom. The third-order valence-electron chi connectivity index (χ3n) is 4.32. The molecule has 2 aromatic heterocycles. The molecule has 25 heavy (non-hydrogen) atoms. The number of Topliss-reactive ketones (excluding diaryl/α,β-unsaturated/α-hetero) is 1. The molecule has 1 amide bonds. The minimum Gasteiger partial charge on any atom is -0.464 e. The van der Waals surface area contributed by atoms with E-state index in [2.05, 4.69) is 0 Å². The van der Waals surface area contributed by atoms with Crippen molar-refractivity contribution in [2.45, 2.75) is 20.8 Å². The first-order valence-corrected chi connectivity index (χ1v) is 7.93. The summed E-state index contributed by atoms with van der Waals surface area (Å²) in [7, 11) is 3.00. The van der Waals surface area contributed by atoms with Crippen LogP contribution in [0.4, 0.5) is 0 Å². The third kappa shape index (κ3) is 3.35. The number of carbonyl (C=O) groups is 3. The summed E-state index contributed by atoms with van der Waals surface area (Å²) in [6.07, 6.45) is 1.41. The minimum absolute atomic E-state index is 0.0949. The maximum Gasteiger partial charge on any atom is 0.354 e. The number of ether oxygens (including phenoxy) is 1. The Kier molecular flexibility index (Phi) is 5.46. The highest BCUT2D eigenvalue weighted by molar-refractivity contribution is 6.05. The minimum atomic E-state index is -0.499. The lowest BCUT2D eigenvalue weighted by atomic mass is 10.1. The molecule has 0 fully saturated rings. The highest BCUT2D eigenvalue weighted by Gasteiger charge is 2.27. The Hall–Kier alpha value is -2.83. The molecule has 0 radical (unpaired) electrons. The Balaban J connectivity index is 2.31. The van der Waals surface area contributed by atoms with Gasteiger partial charge in [-0.05, 0) is 38.5 Å². The number of ketones is 1. The van der Waals surface area contributed by atoms with E-state index >= 15 is 0 Å². The van der Waals surface area contributed by atoms with Crippen molar-refractivity contribution in [3.63, 3.8) is 0 Å². The Morgan fingerprint density at radius 2 is 1.96 bits per heavy atom. The van der Waals surface area contributed by atoms with E-state index < -0.39 is 5.97 Å². The van der Waals surface area contributed by atoms with Crippen LogP contribution in [0.15, 0.2) is 22.8 Å². The average Bonchev–Trinajstić information content (AvgIpc) is 3.19. The number of esters is 1. The molecule has 7 nitrogen and oxygen atoms in total. The van der Waals surface area contributed by atoms with Crippen molar-refractivity contribution in [2.75, 3.05) is 20.2 Å². The van der Waals surface area contributed by atoms with Gasteiger partial charge in [0.2, 0.25) is 0 Å². The summed E-state index contributed by atoms with van der Waals surface area (Å²) in [4.78, 5) is 38.6. The zero-order valence-electron chi connectivity index (χ0n) is 15.1. The molecule has 0 saturated heterocycles. The van der Waals surface area contributed by atoms with E-state index in [-0.39, 0.29) is 24.0 Å². The lowest BCUT2D eigenvalue weighted by molar-refractivity contribution is 0.0588. The van der Waals surface area contributed by atoms with E-state index in [1.807, 2.05) is 0 Å². The smallest absolute Gasteiger partial charge is 0.354 e. The number of nitrogens with zero attached hydrogens (tertiary/aromatic N) is 2. The van der Waals surface area contributed by atoms with Gasteiger partial charge in [-0.25, -0.2) is 4.79 Å². The molecular formula is C18H22N2O5. The van der Waals surface area contributed by atoms with Gasteiger partial charge in [-0.1, -0.05) is 0 Å². The number of amides is 1. The van der Waals surface area contributed by atoms with Gasteiger partial charge in [0.15, 0.2) is 11.5 Å². The first-order chi connectivity index (χ1) is 11.8. The number of carbonyl (C=O) groups excluding carboxylic acids is 3. The number of methoxy groups -OCH3 is 1. The van der Waals surface area contributed by atoms with Crippen LogP contribution in [-0.4, -0.2) is 47.3 Å². The molecule has 0 aliphatic carbocycles. The van der Waals surface area contributed by atoms with Crippen LogP contribution in [-0.2, 0) is 11.8 Å². The van der Waals surface area contributed by atoms with Crippen molar-refractivity contribution in [1.29, 1.82) is 0 Å². The third-order valence-corrected chi connectivity index (χ3v) is 4.32. The second-order valence-electron chi connectivity index (χ2n) is 5.70. The van der Waals surface area contributed by atoms with E-state index in [0.29, 0.717) is 29.1 Å². The predicted octanol–water partition coefficient (Wildman–Crippen LogP) is 2.37. The molecule has 0 aliphatic heterocycles. The molecule has 0 aliphatic rings. The molecule has 2 rings (SSSR count). The van der Waals surface area contributed by atoms with Gasteiger partial charge in [-0.2, -0.15) is 0 Å². The maximum absolute atomic E-state index is 12.8. The van der Waals surface area contributed by atoms with Crippen molar-refractivity contribution in [2.24, 2.45) is 7.05 Å². The van der Waals surface area contributed by atoms with Crippen LogP contribution < -0.4 is 0 Å². The molecule has 0 N–H and O–H groups in total. The maximum atomic E-state index is 12.8. The molecule has 2 aromatic rings. The van der Waals surface area contributed by atoms with Crippen LogP contribution in [0.25, 0.3) is 0 Å². The Bertz CT molecular complexity index is 802. The highest BCUT2D eigenvalue weighted by Crippen LogP contribution is 2.23. The zero-order chi connectivity index (χ0) is 18.7. The highest BCUT2D eigenvalue weighted by atomic mass is 16.5. The van der Waals surface area contributed by atoms with Gasteiger partial charge in [0.25, 0.3) is 5.91 Å². The molecule has 7 heteroatoms. The van der Waals surface area contributed by atoms with E-state index in [1.165, 1.54) is 18.3 Å². The van der Waals surface area contributed by atoms with E-state index in [1.54, 1.807) is 44.5 Å². The van der Waals surface area contributed by atoms with Gasteiger partial charge in [0.1, 0.15) is 5.69 Å². The number of aromatic nitrogens is 1. The summed E-state index contributed by atoms with van der Waals surface area (Å²) in [6, 6.07) is 3.18.